The largest absolute Gasteiger partial charge is 0.376 e. The molecule has 6 nitrogen and oxygen atoms in total. The molecule has 0 aromatic heterocycles. The lowest BCUT2D eigenvalue weighted by molar-refractivity contribution is -0.196. The second kappa shape index (κ2) is 9.17. The summed E-state index contributed by atoms with van der Waals surface area (Å²) in [6.07, 6.45) is -0.245. The van der Waals surface area contributed by atoms with E-state index < -0.39 is 0 Å². The second-order valence-electron chi connectivity index (χ2n) is 5.43. The van der Waals surface area contributed by atoms with Crippen LogP contribution in [0.3, 0.4) is 0 Å². The Bertz CT molecular complexity index is 571. The molecule has 0 radical (unpaired) electrons. The lowest BCUT2D eigenvalue weighted by Gasteiger charge is -2.38. The highest BCUT2D eigenvalue weighted by molar-refractivity contribution is 9.10. The van der Waals surface area contributed by atoms with Crippen molar-refractivity contribution in [1.82, 2.24) is 5.32 Å². The van der Waals surface area contributed by atoms with Gasteiger partial charge in [-0.25, -0.2) is 0 Å². The lowest BCUT2D eigenvalue weighted by atomic mass is 10.1. The van der Waals surface area contributed by atoms with Gasteiger partial charge in [0.1, 0.15) is 17.6 Å². The number of ether oxygens (including phenoxy) is 3. The molecule has 1 aromatic carbocycles. The van der Waals surface area contributed by atoms with E-state index in [0.717, 1.165) is 9.37 Å². The summed E-state index contributed by atoms with van der Waals surface area (Å²) < 4.78 is 17.9. The quantitative estimate of drug-likeness (QED) is 0.496. The van der Waals surface area contributed by atoms with E-state index in [-0.39, 0.29) is 29.7 Å². The Morgan fingerprint density at radius 3 is 2.83 bits per heavy atom. The molecule has 1 aliphatic rings. The first-order valence-corrected chi connectivity index (χ1v) is 9.35. The van der Waals surface area contributed by atoms with Crippen molar-refractivity contribution in [3.8, 4) is 0 Å². The van der Waals surface area contributed by atoms with E-state index >= 15 is 0 Å². The van der Waals surface area contributed by atoms with Gasteiger partial charge in [0.25, 0.3) is 5.91 Å². The molecule has 1 amide bonds. The van der Waals surface area contributed by atoms with Crippen molar-refractivity contribution in [2.75, 3.05) is 27.3 Å². The van der Waals surface area contributed by atoms with E-state index in [9.17, 15) is 4.79 Å². The molecule has 134 valence electrons. The molecule has 1 aromatic rings. The first-order valence-electron chi connectivity index (χ1n) is 7.68. The van der Waals surface area contributed by atoms with Crippen LogP contribution in [0.1, 0.15) is 17.3 Å². The van der Waals surface area contributed by atoms with Crippen molar-refractivity contribution in [1.29, 1.82) is 0 Å². The van der Waals surface area contributed by atoms with Gasteiger partial charge in [0, 0.05) is 30.1 Å². The maximum absolute atomic E-state index is 12.1. The fourth-order valence-corrected chi connectivity index (χ4v) is 4.06. The molecule has 8 heteroatoms. The highest BCUT2D eigenvalue weighted by Crippen LogP contribution is 2.34. The minimum atomic E-state index is -0.339. The monoisotopic (exact) mass is 418 g/mol. The summed E-state index contributed by atoms with van der Waals surface area (Å²) in [5.41, 5.74) is 6.07. The van der Waals surface area contributed by atoms with E-state index in [1.807, 2.05) is 19.1 Å². The highest BCUT2D eigenvalue weighted by Gasteiger charge is 2.35. The number of amides is 1. The third kappa shape index (κ3) is 4.71. The fourth-order valence-electron chi connectivity index (χ4n) is 2.24. The fraction of sp³-hybridized carbons (Fsp3) is 0.562. The summed E-state index contributed by atoms with van der Waals surface area (Å²) in [5.74, 6) is -0.147. The van der Waals surface area contributed by atoms with Gasteiger partial charge in [-0.05, 0) is 25.1 Å². The zero-order chi connectivity index (χ0) is 17.7. The number of nitrogens with two attached hydrogens (primary N) is 1. The van der Waals surface area contributed by atoms with Crippen molar-refractivity contribution >= 4 is 33.6 Å². The minimum Gasteiger partial charge on any atom is -0.376 e. The van der Waals surface area contributed by atoms with Gasteiger partial charge >= 0.3 is 0 Å². The molecular formula is C16H23BrN2O4S. The van der Waals surface area contributed by atoms with Crippen molar-refractivity contribution in [2.45, 2.75) is 35.6 Å². The number of halogens is 1. The number of thioether (sulfide) groups is 1. The van der Waals surface area contributed by atoms with Crippen molar-refractivity contribution in [3.63, 3.8) is 0 Å². The van der Waals surface area contributed by atoms with Crippen LogP contribution in [0.5, 0.6) is 0 Å². The predicted octanol–water partition coefficient (Wildman–Crippen LogP) is 2.00. The zero-order valence-electron chi connectivity index (χ0n) is 14.0. The Hall–Kier alpha value is -0.640. The maximum atomic E-state index is 12.1. The lowest BCUT2D eigenvalue weighted by Crippen LogP contribution is -2.49. The van der Waals surface area contributed by atoms with Gasteiger partial charge < -0.3 is 25.3 Å². The van der Waals surface area contributed by atoms with Crippen LogP contribution in [0.4, 0.5) is 0 Å². The van der Waals surface area contributed by atoms with Gasteiger partial charge in [-0.1, -0.05) is 27.7 Å². The number of methoxy groups -OCH3 is 1. The minimum absolute atomic E-state index is 0.00213. The molecule has 2 rings (SSSR count). The Morgan fingerprint density at radius 1 is 1.58 bits per heavy atom. The molecule has 4 atom stereocenters. The van der Waals surface area contributed by atoms with Crippen LogP contribution in [0.25, 0.3) is 0 Å². The summed E-state index contributed by atoms with van der Waals surface area (Å²) in [5, 5.41) is 2.66. The number of hydrogen-bond donors (Lipinski definition) is 2. The van der Waals surface area contributed by atoms with Gasteiger partial charge in [0.2, 0.25) is 0 Å². The molecule has 24 heavy (non-hydrogen) atoms. The van der Waals surface area contributed by atoms with E-state index in [1.54, 1.807) is 20.2 Å². The predicted molar refractivity (Wildman–Crippen MR) is 97.3 cm³/mol. The van der Waals surface area contributed by atoms with Crippen LogP contribution in [0.2, 0.25) is 0 Å². The molecule has 0 spiro atoms. The van der Waals surface area contributed by atoms with Crippen LogP contribution in [0, 0.1) is 0 Å². The number of rotatable bonds is 8. The van der Waals surface area contributed by atoms with Crippen LogP contribution >= 0.6 is 27.7 Å². The van der Waals surface area contributed by atoms with Crippen LogP contribution in [-0.4, -0.2) is 57.0 Å². The highest BCUT2D eigenvalue weighted by atomic mass is 79.9. The van der Waals surface area contributed by atoms with Gasteiger partial charge in [-0.3, -0.25) is 4.79 Å². The van der Waals surface area contributed by atoms with E-state index in [1.165, 1.54) is 11.8 Å². The summed E-state index contributed by atoms with van der Waals surface area (Å²) in [6, 6.07) is 5.51. The number of nitrogens with one attached hydrogen (secondary N) is 1. The third-order valence-corrected chi connectivity index (χ3v) is 5.58. The maximum Gasteiger partial charge on any atom is 0.252 e. The normalized spacial score (nSPS) is 22.5. The summed E-state index contributed by atoms with van der Waals surface area (Å²) in [7, 11) is 3.22. The van der Waals surface area contributed by atoms with Crippen molar-refractivity contribution in [3.05, 3.63) is 28.2 Å². The number of carbonyl (C=O) groups excluding carboxylic acids is 1. The molecular weight excluding hydrogens is 396 g/mol. The second-order valence-corrected chi connectivity index (χ2v) is 7.48. The summed E-state index contributed by atoms with van der Waals surface area (Å²) in [6.45, 7) is 2.84. The van der Waals surface area contributed by atoms with Crippen molar-refractivity contribution in [2.24, 2.45) is 5.73 Å². The smallest absolute Gasteiger partial charge is 0.252 e. The molecule has 1 aliphatic heterocycles. The summed E-state index contributed by atoms with van der Waals surface area (Å²) in [4.78, 5) is 12.9. The molecule has 0 saturated carbocycles. The molecule has 1 fully saturated rings. The van der Waals surface area contributed by atoms with Gasteiger partial charge in [0.05, 0.1) is 18.3 Å². The number of benzene rings is 1. The van der Waals surface area contributed by atoms with Gasteiger partial charge in [-0.2, -0.15) is 0 Å². The van der Waals surface area contributed by atoms with Crippen molar-refractivity contribution < 1.29 is 19.0 Å². The van der Waals surface area contributed by atoms with Gasteiger partial charge in [0.15, 0.2) is 0 Å². The number of hydrogen-bond acceptors (Lipinski definition) is 6. The van der Waals surface area contributed by atoms with Crippen LogP contribution in [-0.2, 0) is 14.2 Å². The first kappa shape index (κ1) is 19.7. The summed E-state index contributed by atoms with van der Waals surface area (Å²) >= 11 is 4.89. The number of carbonyl (C=O) groups is 1. The first-order chi connectivity index (χ1) is 11.5. The standard InChI is InChI=1S/C16H23BrN2O4S/c1-9-13(8-22-9)23-16(12(7-18)21-3)24-14-6-10(17)4-5-11(14)15(20)19-2/h4-6,9,12-13,16H,7-8,18H2,1-3H3,(H,19,20)/t9?,12-,13?,16?/m0/s1. The van der Waals surface area contributed by atoms with Gasteiger partial charge in [-0.15, -0.1) is 0 Å². The van der Waals surface area contributed by atoms with E-state index in [4.69, 9.17) is 19.9 Å². The van der Waals surface area contributed by atoms with Crippen LogP contribution in [0.15, 0.2) is 27.6 Å². The van der Waals surface area contributed by atoms with E-state index in [2.05, 4.69) is 21.2 Å². The van der Waals surface area contributed by atoms with E-state index in [0.29, 0.717) is 18.7 Å². The Balaban J connectivity index is 2.24. The van der Waals surface area contributed by atoms with Crippen LogP contribution < -0.4 is 11.1 Å². The Morgan fingerprint density at radius 2 is 2.33 bits per heavy atom. The third-order valence-electron chi connectivity index (χ3n) is 3.85. The SMILES string of the molecule is CNC(=O)c1ccc(Br)cc1SC(OC1COC1C)[C@H](CN)OC. The molecule has 1 heterocycles. The average Bonchev–Trinajstić information content (AvgIpc) is 2.58. The Labute approximate surface area is 154 Å². The zero-order valence-corrected chi connectivity index (χ0v) is 16.4. The average molecular weight is 419 g/mol. The topological polar surface area (TPSA) is 82.8 Å². The molecule has 1 saturated heterocycles. The molecule has 0 aliphatic carbocycles. The molecule has 0 bridgehead atoms. The molecule has 3 unspecified atom stereocenters. The molecule has 3 N–H and O–H groups in total. The Kier molecular flexibility index (Phi) is 7.52.